The lowest BCUT2D eigenvalue weighted by molar-refractivity contribution is -0.127. The third-order valence-electron chi connectivity index (χ3n) is 3.11. The molecule has 120 valence electrons. The van der Waals surface area contributed by atoms with E-state index in [0.717, 1.165) is 4.47 Å². The van der Waals surface area contributed by atoms with E-state index in [0.29, 0.717) is 17.0 Å². The van der Waals surface area contributed by atoms with Gasteiger partial charge in [-0.15, -0.1) is 0 Å². The van der Waals surface area contributed by atoms with Gasteiger partial charge in [0.25, 0.3) is 5.91 Å². The number of hydrazone groups is 1. The summed E-state index contributed by atoms with van der Waals surface area (Å²) in [5.41, 5.74) is 3.51. The third-order valence-corrected chi connectivity index (χ3v) is 3.60. The molecule has 2 aromatic carbocycles. The first-order chi connectivity index (χ1) is 11.0. The summed E-state index contributed by atoms with van der Waals surface area (Å²) in [6.07, 6.45) is -0.703. The van der Waals surface area contributed by atoms with Gasteiger partial charge in [0, 0.05) is 10.0 Å². The van der Waals surface area contributed by atoms with E-state index < -0.39 is 6.10 Å². The van der Waals surface area contributed by atoms with Crippen molar-refractivity contribution in [2.24, 2.45) is 5.10 Å². The number of benzene rings is 2. The molecule has 0 saturated heterocycles. The Hall–Kier alpha value is -2.34. The maximum absolute atomic E-state index is 12.0. The number of halogens is 1. The van der Waals surface area contributed by atoms with Crippen molar-refractivity contribution in [2.75, 3.05) is 0 Å². The van der Waals surface area contributed by atoms with Gasteiger partial charge < -0.3 is 9.84 Å². The van der Waals surface area contributed by atoms with Crippen LogP contribution in [0.25, 0.3) is 0 Å². The summed E-state index contributed by atoms with van der Waals surface area (Å²) in [6.45, 7) is 3.34. The van der Waals surface area contributed by atoms with Gasteiger partial charge in [-0.3, -0.25) is 4.79 Å². The molecule has 23 heavy (non-hydrogen) atoms. The summed E-state index contributed by atoms with van der Waals surface area (Å²) in [5.74, 6) is 0.324. The number of nitrogens with zero attached hydrogens (tertiary/aromatic N) is 1. The lowest BCUT2D eigenvalue weighted by atomic mass is 10.1. The van der Waals surface area contributed by atoms with Gasteiger partial charge in [0.1, 0.15) is 11.5 Å². The molecule has 0 saturated carbocycles. The van der Waals surface area contributed by atoms with E-state index in [1.54, 1.807) is 50.2 Å². The van der Waals surface area contributed by atoms with Crippen molar-refractivity contribution in [1.29, 1.82) is 0 Å². The highest BCUT2D eigenvalue weighted by molar-refractivity contribution is 9.10. The number of hydrogen-bond acceptors (Lipinski definition) is 4. The fourth-order valence-electron chi connectivity index (χ4n) is 1.87. The predicted molar refractivity (Wildman–Crippen MR) is 92.7 cm³/mol. The molecule has 0 fully saturated rings. The minimum absolute atomic E-state index is 0.112. The third kappa shape index (κ3) is 4.82. The number of nitrogens with one attached hydrogen (secondary N) is 1. The second-order valence-corrected chi connectivity index (χ2v) is 5.82. The maximum atomic E-state index is 12.0. The Kier molecular flexibility index (Phi) is 5.76. The molecule has 5 nitrogen and oxygen atoms in total. The van der Waals surface area contributed by atoms with Gasteiger partial charge in [-0.1, -0.05) is 34.1 Å². The number of ether oxygens (including phenoxy) is 1. The van der Waals surface area contributed by atoms with Gasteiger partial charge in [0.2, 0.25) is 0 Å². The van der Waals surface area contributed by atoms with Crippen molar-refractivity contribution in [1.82, 2.24) is 5.43 Å². The number of phenolic OH excluding ortho intramolecular Hbond substituents is 1. The molecule has 1 unspecified atom stereocenters. The van der Waals surface area contributed by atoms with Crippen LogP contribution < -0.4 is 10.2 Å². The molecule has 2 N–H and O–H groups in total. The second kappa shape index (κ2) is 7.78. The SMILES string of the molecule is C/C(=N\NC(=O)C(C)Oc1cccc(Br)c1)c1ccccc1O. The highest BCUT2D eigenvalue weighted by Gasteiger charge is 2.14. The van der Waals surface area contributed by atoms with Crippen molar-refractivity contribution in [2.45, 2.75) is 20.0 Å². The van der Waals surface area contributed by atoms with Crippen molar-refractivity contribution in [3.63, 3.8) is 0 Å². The molecule has 0 aromatic heterocycles. The minimum atomic E-state index is -0.703. The van der Waals surface area contributed by atoms with Gasteiger partial charge in [0.05, 0.1) is 5.71 Å². The average Bonchev–Trinajstić information content (AvgIpc) is 2.52. The van der Waals surface area contributed by atoms with Crippen molar-refractivity contribution in [3.05, 3.63) is 58.6 Å². The van der Waals surface area contributed by atoms with Crippen LogP contribution in [0.15, 0.2) is 58.1 Å². The predicted octanol–water partition coefficient (Wildman–Crippen LogP) is 3.46. The van der Waals surface area contributed by atoms with Crippen LogP contribution in [-0.2, 0) is 4.79 Å². The summed E-state index contributed by atoms with van der Waals surface area (Å²) in [5, 5.41) is 13.8. The Morgan fingerprint density at radius 3 is 2.70 bits per heavy atom. The van der Waals surface area contributed by atoms with Crippen LogP contribution in [0.5, 0.6) is 11.5 Å². The Labute approximate surface area is 143 Å². The highest BCUT2D eigenvalue weighted by atomic mass is 79.9. The van der Waals surface area contributed by atoms with Gasteiger partial charge in [-0.05, 0) is 44.2 Å². The zero-order chi connectivity index (χ0) is 16.8. The standard InChI is InChI=1S/C17H17BrN2O3/c1-11(15-8-3-4-9-16(15)21)19-20-17(22)12(2)23-14-7-5-6-13(18)10-14/h3-10,12,21H,1-2H3,(H,20,22)/b19-11+. The number of amides is 1. The van der Waals surface area contributed by atoms with Crippen molar-refractivity contribution in [3.8, 4) is 11.5 Å². The fraction of sp³-hybridized carbons (Fsp3) is 0.176. The van der Waals surface area contributed by atoms with E-state index in [4.69, 9.17) is 4.74 Å². The number of aromatic hydroxyl groups is 1. The van der Waals surface area contributed by atoms with Crippen LogP contribution in [0.4, 0.5) is 0 Å². The average molecular weight is 377 g/mol. The number of carbonyl (C=O) groups excluding carboxylic acids is 1. The molecule has 0 aliphatic carbocycles. The molecule has 0 radical (unpaired) electrons. The summed E-state index contributed by atoms with van der Waals surface area (Å²) in [6, 6.07) is 14.0. The molecular formula is C17H17BrN2O3. The van der Waals surface area contributed by atoms with Crippen LogP contribution in [0.2, 0.25) is 0 Å². The molecular weight excluding hydrogens is 360 g/mol. The maximum Gasteiger partial charge on any atom is 0.280 e. The number of para-hydroxylation sites is 1. The normalized spacial score (nSPS) is 12.6. The van der Waals surface area contributed by atoms with E-state index >= 15 is 0 Å². The van der Waals surface area contributed by atoms with Gasteiger partial charge in [-0.2, -0.15) is 5.10 Å². The summed E-state index contributed by atoms with van der Waals surface area (Å²) in [4.78, 5) is 12.0. The molecule has 0 spiro atoms. The van der Waals surface area contributed by atoms with E-state index in [1.807, 2.05) is 12.1 Å². The van der Waals surface area contributed by atoms with E-state index in [1.165, 1.54) is 0 Å². The molecule has 2 rings (SSSR count). The number of phenols is 1. The Morgan fingerprint density at radius 1 is 1.26 bits per heavy atom. The van der Waals surface area contributed by atoms with Crippen LogP contribution in [-0.4, -0.2) is 22.8 Å². The Morgan fingerprint density at radius 2 is 2.00 bits per heavy atom. The summed E-state index contributed by atoms with van der Waals surface area (Å²) >= 11 is 3.35. The first kappa shape index (κ1) is 17.0. The molecule has 6 heteroatoms. The Bertz CT molecular complexity index is 731. The van der Waals surface area contributed by atoms with Crippen LogP contribution >= 0.6 is 15.9 Å². The van der Waals surface area contributed by atoms with E-state index in [2.05, 4.69) is 26.5 Å². The van der Waals surface area contributed by atoms with Crippen LogP contribution in [0, 0.1) is 0 Å². The van der Waals surface area contributed by atoms with E-state index in [-0.39, 0.29) is 11.7 Å². The number of rotatable bonds is 5. The number of hydrogen-bond donors (Lipinski definition) is 2. The minimum Gasteiger partial charge on any atom is -0.507 e. The lowest BCUT2D eigenvalue weighted by Crippen LogP contribution is -2.33. The van der Waals surface area contributed by atoms with Gasteiger partial charge in [0.15, 0.2) is 6.10 Å². The first-order valence-electron chi connectivity index (χ1n) is 7.02. The van der Waals surface area contributed by atoms with Crippen LogP contribution in [0.1, 0.15) is 19.4 Å². The van der Waals surface area contributed by atoms with Crippen molar-refractivity contribution >= 4 is 27.5 Å². The second-order valence-electron chi connectivity index (χ2n) is 4.91. The molecule has 0 aliphatic heterocycles. The van der Waals surface area contributed by atoms with Crippen molar-refractivity contribution < 1.29 is 14.6 Å². The molecule has 2 aromatic rings. The summed E-state index contributed by atoms with van der Waals surface area (Å²) in [7, 11) is 0. The number of carbonyl (C=O) groups is 1. The quantitative estimate of drug-likeness (QED) is 0.619. The smallest absolute Gasteiger partial charge is 0.280 e. The monoisotopic (exact) mass is 376 g/mol. The lowest BCUT2D eigenvalue weighted by Gasteiger charge is -2.13. The molecule has 1 amide bonds. The fourth-order valence-corrected chi connectivity index (χ4v) is 2.25. The molecule has 0 bridgehead atoms. The van der Waals surface area contributed by atoms with Gasteiger partial charge in [-0.25, -0.2) is 5.43 Å². The zero-order valence-electron chi connectivity index (χ0n) is 12.8. The van der Waals surface area contributed by atoms with Gasteiger partial charge >= 0.3 is 0 Å². The largest absolute Gasteiger partial charge is 0.507 e. The van der Waals surface area contributed by atoms with E-state index in [9.17, 15) is 9.90 Å². The summed E-state index contributed by atoms with van der Waals surface area (Å²) < 4.78 is 6.43. The molecule has 1 atom stereocenters. The first-order valence-corrected chi connectivity index (χ1v) is 7.81. The van der Waals surface area contributed by atoms with Crippen LogP contribution in [0.3, 0.4) is 0 Å². The molecule has 0 heterocycles. The molecule has 0 aliphatic rings. The highest BCUT2D eigenvalue weighted by Crippen LogP contribution is 2.19. The Balaban J connectivity index is 1.98. The topological polar surface area (TPSA) is 70.9 Å². The zero-order valence-corrected chi connectivity index (χ0v) is 14.4.